The van der Waals surface area contributed by atoms with Gasteiger partial charge >= 0.3 is 0 Å². The Bertz CT molecular complexity index is 223. The molecule has 1 aromatic heterocycles. The summed E-state index contributed by atoms with van der Waals surface area (Å²) in [6, 6.07) is -0.144. The number of hydrogen-bond donors (Lipinski definition) is 1. The average Bonchev–Trinajstić information content (AvgIpc) is 2.37. The molecule has 0 spiro atoms. The van der Waals surface area contributed by atoms with E-state index < -0.39 is 0 Å². The van der Waals surface area contributed by atoms with Gasteiger partial charge in [-0.05, 0) is 13.2 Å². The van der Waals surface area contributed by atoms with Crippen molar-refractivity contribution in [3.05, 3.63) is 11.7 Å². The van der Waals surface area contributed by atoms with E-state index in [-0.39, 0.29) is 6.04 Å². The highest BCUT2D eigenvalue weighted by atomic mass is 32.2. The largest absolute Gasteiger partial charge is 0.338 e. The van der Waals surface area contributed by atoms with Crippen LogP contribution in [0.25, 0.3) is 0 Å². The van der Waals surface area contributed by atoms with E-state index in [1.54, 1.807) is 11.8 Å². The third-order valence-corrected chi connectivity index (χ3v) is 1.69. The normalized spacial score (nSPS) is 13.4. The molecule has 0 saturated heterocycles. The maximum Gasteiger partial charge on any atom is 0.236 e. The Labute approximate surface area is 69.5 Å². The van der Waals surface area contributed by atoms with Crippen LogP contribution in [0.5, 0.6) is 0 Å². The molecule has 1 unspecified atom stereocenters. The number of nitrogens with zero attached hydrogens (tertiary/aromatic N) is 2. The molecule has 0 amide bonds. The van der Waals surface area contributed by atoms with Crippen molar-refractivity contribution in [3.8, 4) is 0 Å². The third-order valence-electron chi connectivity index (χ3n) is 1.16. The minimum atomic E-state index is -0.144. The number of hydrogen-bond acceptors (Lipinski definition) is 5. The lowest BCUT2D eigenvalue weighted by Crippen LogP contribution is -2.06. The molecule has 0 radical (unpaired) electrons. The second-order valence-electron chi connectivity index (χ2n) is 2.27. The molecular weight excluding hydrogens is 162 g/mol. The molecule has 0 saturated carbocycles. The molecule has 0 aliphatic rings. The smallest absolute Gasteiger partial charge is 0.236 e. The van der Waals surface area contributed by atoms with Gasteiger partial charge in [0.25, 0.3) is 0 Å². The highest BCUT2D eigenvalue weighted by Crippen LogP contribution is 2.09. The zero-order chi connectivity index (χ0) is 8.27. The van der Waals surface area contributed by atoms with E-state index in [9.17, 15) is 0 Å². The lowest BCUT2D eigenvalue weighted by Gasteiger charge is -1.92. The van der Waals surface area contributed by atoms with Crippen LogP contribution in [0.15, 0.2) is 4.52 Å². The molecule has 0 aromatic carbocycles. The minimum absolute atomic E-state index is 0.144. The third kappa shape index (κ3) is 2.20. The van der Waals surface area contributed by atoms with Crippen LogP contribution < -0.4 is 5.73 Å². The summed E-state index contributed by atoms with van der Waals surface area (Å²) < 4.78 is 4.90. The molecule has 1 rings (SSSR count). The molecule has 1 atom stereocenters. The summed E-state index contributed by atoms with van der Waals surface area (Å²) in [4.78, 5) is 4.08. The molecule has 1 heterocycles. The van der Waals surface area contributed by atoms with Gasteiger partial charge in [-0.15, -0.1) is 0 Å². The van der Waals surface area contributed by atoms with Gasteiger partial charge in [0.05, 0.1) is 11.8 Å². The van der Waals surface area contributed by atoms with E-state index in [2.05, 4.69) is 10.1 Å². The summed E-state index contributed by atoms with van der Waals surface area (Å²) in [7, 11) is 0. The fraction of sp³-hybridized carbons (Fsp3) is 0.667. The number of rotatable bonds is 3. The summed E-state index contributed by atoms with van der Waals surface area (Å²) in [6.45, 7) is 1.83. The first-order chi connectivity index (χ1) is 5.24. The second-order valence-corrected chi connectivity index (χ2v) is 3.13. The van der Waals surface area contributed by atoms with Crippen molar-refractivity contribution in [2.24, 2.45) is 5.73 Å². The van der Waals surface area contributed by atoms with Crippen molar-refractivity contribution in [2.75, 3.05) is 6.26 Å². The number of nitrogens with two attached hydrogens (primary N) is 1. The van der Waals surface area contributed by atoms with Gasteiger partial charge in [0.1, 0.15) is 0 Å². The lowest BCUT2D eigenvalue weighted by atomic mass is 10.3. The fourth-order valence-electron chi connectivity index (χ4n) is 0.635. The summed E-state index contributed by atoms with van der Waals surface area (Å²) in [5.74, 6) is 1.97. The molecular formula is C6H11N3OS. The topological polar surface area (TPSA) is 64.9 Å². The first-order valence-electron chi connectivity index (χ1n) is 3.31. The van der Waals surface area contributed by atoms with Gasteiger partial charge < -0.3 is 10.3 Å². The van der Waals surface area contributed by atoms with Crippen LogP contribution >= 0.6 is 11.8 Å². The van der Waals surface area contributed by atoms with Crippen LogP contribution in [-0.2, 0) is 5.75 Å². The summed E-state index contributed by atoms with van der Waals surface area (Å²) in [6.07, 6.45) is 1.98. The highest BCUT2D eigenvalue weighted by molar-refractivity contribution is 7.97. The quantitative estimate of drug-likeness (QED) is 0.737. The van der Waals surface area contributed by atoms with Gasteiger partial charge in [0, 0.05) is 0 Å². The predicted octanol–water partition coefficient (Wildman–Crippen LogP) is 0.952. The van der Waals surface area contributed by atoms with Crippen molar-refractivity contribution in [2.45, 2.75) is 18.7 Å². The minimum Gasteiger partial charge on any atom is -0.338 e. The Morgan fingerprint density at radius 1 is 1.73 bits per heavy atom. The molecule has 4 nitrogen and oxygen atoms in total. The molecule has 0 fully saturated rings. The van der Waals surface area contributed by atoms with Crippen LogP contribution in [0.4, 0.5) is 0 Å². The van der Waals surface area contributed by atoms with Crippen LogP contribution in [0.1, 0.15) is 24.7 Å². The Kier molecular flexibility index (Phi) is 2.90. The Morgan fingerprint density at radius 3 is 2.91 bits per heavy atom. The van der Waals surface area contributed by atoms with Crippen molar-refractivity contribution >= 4 is 11.8 Å². The van der Waals surface area contributed by atoms with E-state index >= 15 is 0 Å². The second kappa shape index (κ2) is 3.73. The molecule has 5 heteroatoms. The number of thioether (sulfide) groups is 1. The van der Waals surface area contributed by atoms with Crippen LogP contribution in [0, 0.1) is 0 Å². The van der Waals surface area contributed by atoms with Crippen LogP contribution in [0.2, 0.25) is 0 Å². The zero-order valence-corrected chi connectivity index (χ0v) is 7.39. The van der Waals surface area contributed by atoms with Crippen molar-refractivity contribution in [3.63, 3.8) is 0 Å². The van der Waals surface area contributed by atoms with E-state index in [1.165, 1.54) is 0 Å². The first-order valence-corrected chi connectivity index (χ1v) is 4.70. The summed E-state index contributed by atoms with van der Waals surface area (Å²) in [5, 5.41) is 3.71. The van der Waals surface area contributed by atoms with E-state index in [1.807, 2.05) is 13.2 Å². The Hall–Kier alpha value is -0.550. The lowest BCUT2D eigenvalue weighted by molar-refractivity contribution is 0.382. The van der Waals surface area contributed by atoms with E-state index in [0.717, 1.165) is 5.75 Å². The zero-order valence-electron chi connectivity index (χ0n) is 6.57. The maximum atomic E-state index is 5.53. The first kappa shape index (κ1) is 8.55. The average molecular weight is 173 g/mol. The molecule has 1 aromatic rings. The van der Waals surface area contributed by atoms with Crippen LogP contribution in [-0.4, -0.2) is 16.4 Å². The van der Waals surface area contributed by atoms with Gasteiger partial charge in [0.2, 0.25) is 5.89 Å². The van der Waals surface area contributed by atoms with Crippen molar-refractivity contribution in [1.82, 2.24) is 10.1 Å². The van der Waals surface area contributed by atoms with Crippen molar-refractivity contribution < 1.29 is 4.52 Å². The van der Waals surface area contributed by atoms with Gasteiger partial charge in [0.15, 0.2) is 5.82 Å². The highest BCUT2D eigenvalue weighted by Gasteiger charge is 2.08. The molecule has 11 heavy (non-hydrogen) atoms. The van der Waals surface area contributed by atoms with E-state index in [0.29, 0.717) is 11.7 Å². The summed E-state index contributed by atoms with van der Waals surface area (Å²) in [5.41, 5.74) is 5.53. The molecule has 62 valence electrons. The molecule has 0 bridgehead atoms. The van der Waals surface area contributed by atoms with Crippen LogP contribution in [0.3, 0.4) is 0 Å². The molecule has 2 N–H and O–H groups in total. The SMILES string of the molecule is CSCc1nc(C(C)N)no1. The Morgan fingerprint density at radius 2 is 2.45 bits per heavy atom. The van der Waals surface area contributed by atoms with E-state index in [4.69, 9.17) is 10.3 Å². The summed E-state index contributed by atoms with van der Waals surface area (Å²) >= 11 is 1.64. The fourth-order valence-corrected chi connectivity index (χ4v) is 0.999. The molecule has 0 aliphatic heterocycles. The van der Waals surface area contributed by atoms with Gasteiger partial charge in [-0.1, -0.05) is 5.16 Å². The standard InChI is InChI=1S/C6H11N3OS/c1-4(7)6-8-5(3-11-2)10-9-6/h4H,3,7H2,1-2H3. The maximum absolute atomic E-state index is 5.53. The number of aromatic nitrogens is 2. The predicted molar refractivity (Wildman–Crippen MR) is 44.1 cm³/mol. The van der Waals surface area contributed by atoms with Gasteiger partial charge in [-0.2, -0.15) is 16.7 Å². The van der Waals surface area contributed by atoms with Gasteiger partial charge in [-0.25, -0.2) is 0 Å². The molecule has 0 aliphatic carbocycles. The van der Waals surface area contributed by atoms with Gasteiger partial charge in [-0.3, -0.25) is 0 Å². The van der Waals surface area contributed by atoms with Crippen molar-refractivity contribution in [1.29, 1.82) is 0 Å². The monoisotopic (exact) mass is 173 g/mol. The Balaban J connectivity index is 2.66.